The van der Waals surface area contributed by atoms with Gasteiger partial charge in [0.05, 0.1) is 5.57 Å². The third-order valence-electron chi connectivity index (χ3n) is 6.53. The average molecular weight is 432 g/mol. The highest BCUT2D eigenvalue weighted by molar-refractivity contribution is 6.35. The zero-order valence-electron chi connectivity index (χ0n) is 18.1. The second-order valence-corrected chi connectivity index (χ2v) is 8.80. The number of carbonyl (C=O) groups is 2. The number of imide groups is 1. The molecule has 1 N–H and O–H groups in total. The van der Waals surface area contributed by atoms with Crippen molar-refractivity contribution in [1.29, 1.82) is 0 Å². The van der Waals surface area contributed by atoms with Crippen molar-refractivity contribution in [2.24, 2.45) is 5.92 Å². The first-order valence-electron chi connectivity index (χ1n) is 11.2. The number of halogens is 1. The number of hydrogen-bond acceptors (Lipinski definition) is 3. The molecule has 32 heavy (non-hydrogen) atoms. The fraction of sp³-hybridized carbons (Fsp3) is 0.308. The number of aromatic amines is 1. The molecular weight excluding hydrogens is 405 g/mol. The number of nitrogens with one attached hydrogen (secondary N) is 1. The number of rotatable bonds is 5. The number of aromatic nitrogens is 1. The van der Waals surface area contributed by atoms with Crippen LogP contribution in [0.15, 0.2) is 60.4 Å². The van der Waals surface area contributed by atoms with Crippen LogP contribution < -0.4 is 0 Å². The standard InChI is InChI=1S/C26H26FN3O2/c1-17-5-4-13-29(16-17)24-23(18-8-10-20(27)11-9-18)25(31)30(26(24)32)14-12-19-15-28-22-7-3-2-6-21(19)22/h2-3,6-11,15,17,28H,4-5,12-14,16H2,1H3. The number of H-pyrrole nitrogens is 1. The van der Waals surface area contributed by atoms with E-state index in [0.29, 0.717) is 35.7 Å². The number of carbonyl (C=O) groups excluding carboxylic acids is 2. The average Bonchev–Trinajstić information content (AvgIpc) is 3.31. The number of fused-ring (bicyclic) bond motifs is 1. The lowest BCUT2D eigenvalue weighted by Crippen LogP contribution is -2.39. The van der Waals surface area contributed by atoms with Gasteiger partial charge in [-0.2, -0.15) is 0 Å². The lowest BCUT2D eigenvalue weighted by atomic mass is 9.98. The van der Waals surface area contributed by atoms with Gasteiger partial charge in [0, 0.05) is 36.7 Å². The number of amides is 2. The minimum atomic E-state index is -0.365. The van der Waals surface area contributed by atoms with Gasteiger partial charge in [-0.3, -0.25) is 14.5 Å². The molecular formula is C26H26FN3O2. The number of hydrogen-bond donors (Lipinski definition) is 1. The fourth-order valence-corrected chi connectivity index (χ4v) is 4.90. The quantitative estimate of drug-likeness (QED) is 0.611. The van der Waals surface area contributed by atoms with Crippen molar-refractivity contribution in [2.75, 3.05) is 19.6 Å². The summed E-state index contributed by atoms with van der Waals surface area (Å²) in [6.07, 6.45) is 4.61. The molecule has 3 heterocycles. The summed E-state index contributed by atoms with van der Waals surface area (Å²) < 4.78 is 13.5. The Morgan fingerprint density at radius 1 is 1.06 bits per heavy atom. The maximum Gasteiger partial charge on any atom is 0.277 e. The summed E-state index contributed by atoms with van der Waals surface area (Å²) in [6.45, 7) is 3.96. The molecule has 0 saturated carbocycles. The Balaban J connectivity index is 1.46. The number of nitrogens with zero attached hydrogens (tertiary/aromatic N) is 2. The molecule has 2 aromatic carbocycles. The lowest BCUT2D eigenvalue weighted by molar-refractivity contribution is -0.137. The van der Waals surface area contributed by atoms with E-state index >= 15 is 0 Å². The maximum atomic E-state index is 13.5. The first-order chi connectivity index (χ1) is 15.5. The molecule has 0 bridgehead atoms. The van der Waals surface area contributed by atoms with Crippen LogP contribution in [-0.2, 0) is 16.0 Å². The lowest BCUT2D eigenvalue weighted by Gasteiger charge is -2.33. The van der Waals surface area contributed by atoms with Crippen LogP contribution in [0.4, 0.5) is 4.39 Å². The molecule has 6 heteroatoms. The van der Waals surface area contributed by atoms with Crippen LogP contribution in [0.1, 0.15) is 30.9 Å². The minimum absolute atomic E-state index is 0.247. The van der Waals surface area contributed by atoms with E-state index < -0.39 is 0 Å². The van der Waals surface area contributed by atoms with Crippen LogP contribution in [0.2, 0.25) is 0 Å². The van der Waals surface area contributed by atoms with E-state index in [2.05, 4.69) is 16.8 Å². The highest BCUT2D eigenvalue weighted by Crippen LogP contribution is 2.34. The van der Waals surface area contributed by atoms with Gasteiger partial charge in [0.1, 0.15) is 11.5 Å². The zero-order chi connectivity index (χ0) is 22.2. The van der Waals surface area contributed by atoms with E-state index in [-0.39, 0.29) is 17.6 Å². The Morgan fingerprint density at radius 3 is 2.62 bits per heavy atom. The Labute approximate surface area is 186 Å². The van der Waals surface area contributed by atoms with Crippen LogP contribution in [0.25, 0.3) is 16.5 Å². The predicted molar refractivity (Wildman–Crippen MR) is 122 cm³/mol. The minimum Gasteiger partial charge on any atom is -0.366 e. The molecule has 1 unspecified atom stereocenters. The Kier molecular flexibility index (Phi) is 5.29. The largest absolute Gasteiger partial charge is 0.366 e. The molecule has 1 aromatic heterocycles. The molecule has 5 rings (SSSR count). The molecule has 1 fully saturated rings. The van der Waals surface area contributed by atoms with Crippen LogP contribution in [0.5, 0.6) is 0 Å². The first-order valence-corrected chi connectivity index (χ1v) is 11.2. The molecule has 0 aliphatic carbocycles. The molecule has 2 aliphatic heterocycles. The number of benzene rings is 2. The molecule has 2 aliphatic rings. The summed E-state index contributed by atoms with van der Waals surface area (Å²) >= 11 is 0. The van der Waals surface area contributed by atoms with E-state index in [1.807, 2.05) is 30.5 Å². The van der Waals surface area contributed by atoms with Crippen LogP contribution in [0.3, 0.4) is 0 Å². The van der Waals surface area contributed by atoms with Gasteiger partial charge in [-0.25, -0.2) is 4.39 Å². The van der Waals surface area contributed by atoms with Crippen LogP contribution in [-0.4, -0.2) is 46.2 Å². The maximum absolute atomic E-state index is 13.5. The van der Waals surface area contributed by atoms with E-state index in [0.717, 1.165) is 42.4 Å². The van der Waals surface area contributed by atoms with Gasteiger partial charge in [-0.05, 0) is 54.5 Å². The number of para-hydroxylation sites is 1. The Morgan fingerprint density at radius 2 is 1.84 bits per heavy atom. The van der Waals surface area contributed by atoms with Crippen molar-refractivity contribution < 1.29 is 14.0 Å². The molecule has 2 amide bonds. The van der Waals surface area contributed by atoms with Gasteiger partial charge in [0.25, 0.3) is 11.8 Å². The van der Waals surface area contributed by atoms with Crippen molar-refractivity contribution in [2.45, 2.75) is 26.2 Å². The van der Waals surface area contributed by atoms with Crippen molar-refractivity contribution in [1.82, 2.24) is 14.8 Å². The van der Waals surface area contributed by atoms with Crippen molar-refractivity contribution in [3.05, 3.63) is 77.4 Å². The van der Waals surface area contributed by atoms with E-state index in [4.69, 9.17) is 0 Å². The van der Waals surface area contributed by atoms with E-state index in [1.54, 1.807) is 12.1 Å². The predicted octanol–water partition coefficient (Wildman–Crippen LogP) is 4.36. The Bertz CT molecular complexity index is 1210. The van der Waals surface area contributed by atoms with Gasteiger partial charge >= 0.3 is 0 Å². The van der Waals surface area contributed by atoms with E-state index in [9.17, 15) is 14.0 Å². The summed E-state index contributed by atoms with van der Waals surface area (Å²) in [5.41, 5.74) is 3.56. The molecule has 0 radical (unpaired) electrons. The SMILES string of the molecule is CC1CCCN(C2=C(c3ccc(F)cc3)C(=O)N(CCc3c[nH]c4ccccc34)C2=O)C1. The van der Waals surface area contributed by atoms with Gasteiger partial charge in [-0.1, -0.05) is 37.3 Å². The molecule has 5 nitrogen and oxygen atoms in total. The number of likely N-dealkylation sites (tertiary alicyclic amines) is 1. The highest BCUT2D eigenvalue weighted by atomic mass is 19.1. The second-order valence-electron chi connectivity index (χ2n) is 8.80. The topological polar surface area (TPSA) is 56.4 Å². The molecule has 3 aromatic rings. The first kappa shape index (κ1) is 20.5. The summed E-state index contributed by atoms with van der Waals surface area (Å²) in [4.78, 5) is 33.7. The van der Waals surface area contributed by atoms with E-state index in [1.165, 1.54) is 17.0 Å². The van der Waals surface area contributed by atoms with Crippen molar-refractivity contribution in [3.63, 3.8) is 0 Å². The third kappa shape index (κ3) is 3.60. The van der Waals surface area contributed by atoms with Gasteiger partial charge in [0.15, 0.2) is 0 Å². The molecule has 164 valence electrons. The molecule has 1 atom stereocenters. The van der Waals surface area contributed by atoms with Crippen molar-refractivity contribution in [3.8, 4) is 0 Å². The summed E-state index contributed by atoms with van der Waals surface area (Å²) in [5.74, 6) is -0.456. The zero-order valence-corrected chi connectivity index (χ0v) is 18.1. The molecule has 0 spiro atoms. The smallest absolute Gasteiger partial charge is 0.277 e. The molecule has 1 saturated heterocycles. The summed E-state index contributed by atoms with van der Waals surface area (Å²) in [7, 11) is 0. The Hall–Kier alpha value is -3.41. The summed E-state index contributed by atoms with van der Waals surface area (Å²) in [5, 5.41) is 1.10. The number of piperidine rings is 1. The van der Waals surface area contributed by atoms with Gasteiger partial charge in [0.2, 0.25) is 0 Å². The third-order valence-corrected chi connectivity index (χ3v) is 6.53. The van der Waals surface area contributed by atoms with Gasteiger partial charge in [-0.15, -0.1) is 0 Å². The normalized spacial score (nSPS) is 19.5. The van der Waals surface area contributed by atoms with Gasteiger partial charge < -0.3 is 9.88 Å². The van der Waals surface area contributed by atoms with Crippen LogP contribution >= 0.6 is 0 Å². The second kappa shape index (κ2) is 8.26. The van der Waals surface area contributed by atoms with Crippen molar-refractivity contribution >= 4 is 28.3 Å². The van der Waals surface area contributed by atoms with Crippen LogP contribution in [0, 0.1) is 11.7 Å². The summed E-state index contributed by atoms with van der Waals surface area (Å²) in [6, 6.07) is 13.9. The monoisotopic (exact) mass is 431 g/mol. The highest BCUT2D eigenvalue weighted by Gasteiger charge is 2.42. The fourth-order valence-electron chi connectivity index (χ4n) is 4.90.